The van der Waals surface area contributed by atoms with E-state index in [-0.39, 0.29) is 5.41 Å². The van der Waals surface area contributed by atoms with Gasteiger partial charge in [-0.1, -0.05) is 39.8 Å². The van der Waals surface area contributed by atoms with Gasteiger partial charge in [0.15, 0.2) is 0 Å². The Morgan fingerprint density at radius 3 is 2.35 bits per heavy atom. The van der Waals surface area contributed by atoms with Gasteiger partial charge in [-0.15, -0.1) is 0 Å². The van der Waals surface area contributed by atoms with Crippen molar-refractivity contribution in [2.75, 3.05) is 6.61 Å². The molecule has 17 heavy (non-hydrogen) atoms. The van der Waals surface area contributed by atoms with Crippen LogP contribution in [0, 0.1) is 0 Å². The number of hydrogen-bond acceptors (Lipinski definition) is 3. The molecule has 2 N–H and O–H groups in total. The molecular formula is C13H21BO3. The van der Waals surface area contributed by atoms with Crippen LogP contribution < -0.4 is 10.2 Å². The minimum Gasteiger partial charge on any atom is -0.493 e. The monoisotopic (exact) mass is 236 g/mol. The molecule has 3 nitrogen and oxygen atoms in total. The van der Waals surface area contributed by atoms with E-state index in [0.29, 0.717) is 12.1 Å². The maximum atomic E-state index is 9.20. The van der Waals surface area contributed by atoms with Crippen LogP contribution in [0.3, 0.4) is 0 Å². The SMILES string of the molecule is CCCOc1ccc(B(O)O)cc1C(C)(C)C. The molecule has 0 aliphatic rings. The molecule has 94 valence electrons. The topological polar surface area (TPSA) is 49.7 Å². The lowest BCUT2D eigenvalue weighted by Gasteiger charge is -2.23. The van der Waals surface area contributed by atoms with E-state index >= 15 is 0 Å². The van der Waals surface area contributed by atoms with Crippen LogP contribution in [-0.4, -0.2) is 23.8 Å². The fraction of sp³-hybridized carbons (Fsp3) is 0.538. The molecule has 0 atom stereocenters. The van der Waals surface area contributed by atoms with Crippen LogP contribution in [0.1, 0.15) is 39.7 Å². The van der Waals surface area contributed by atoms with E-state index in [1.54, 1.807) is 12.1 Å². The summed E-state index contributed by atoms with van der Waals surface area (Å²) < 4.78 is 5.68. The lowest BCUT2D eigenvalue weighted by Crippen LogP contribution is -2.31. The van der Waals surface area contributed by atoms with Crippen molar-refractivity contribution in [3.05, 3.63) is 23.8 Å². The predicted octanol–water partition coefficient (Wildman–Crippen LogP) is 1.45. The Morgan fingerprint density at radius 2 is 1.88 bits per heavy atom. The van der Waals surface area contributed by atoms with Gasteiger partial charge in [0.05, 0.1) is 6.61 Å². The Bertz CT molecular complexity index is 369. The van der Waals surface area contributed by atoms with Gasteiger partial charge >= 0.3 is 7.12 Å². The summed E-state index contributed by atoms with van der Waals surface area (Å²) in [5, 5.41) is 18.4. The molecule has 0 aliphatic carbocycles. The molecule has 0 unspecified atom stereocenters. The van der Waals surface area contributed by atoms with E-state index in [9.17, 15) is 10.0 Å². The largest absolute Gasteiger partial charge is 0.493 e. The fourth-order valence-electron chi connectivity index (χ4n) is 1.63. The molecule has 4 heteroatoms. The van der Waals surface area contributed by atoms with E-state index in [1.807, 2.05) is 6.07 Å². The molecule has 1 rings (SSSR count). The quantitative estimate of drug-likeness (QED) is 0.778. The van der Waals surface area contributed by atoms with E-state index in [2.05, 4.69) is 27.7 Å². The van der Waals surface area contributed by atoms with E-state index < -0.39 is 7.12 Å². The van der Waals surface area contributed by atoms with Crippen molar-refractivity contribution >= 4 is 12.6 Å². The lowest BCUT2D eigenvalue weighted by atomic mass is 9.76. The molecule has 0 spiro atoms. The minimum absolute atomic E-state index is 0.0893. The highest BCUT2D eigenvalue weighted by atomic mass is 16.5. The van der Waals surface area contributed by atoms with Crippen molar-refractivity contribution in [1.29, 1.82) is 0 Å². The molecule has 0 radical (unpaired) electrons. The maximum absolute atomic E-state index is 9.20. The summed E-state index contributed by atoms with van der Waals surface area (Å²) in [6.07, 6.45) is 0.952. The van der Waals surface area contributed by atoms with Crippen LogP contribution in [0.25, 0.3) is 0 Å². The van der Waals surface area contributed by atoms with Crippen molar-refractivity contribution < 1.29 is 14.8 Å². The third-order valence-electron chi connectivity index (χ3n) is 2.57. The summed E-state index contributed by atoms with van der Waals surface area (Å²) in [6, 6.07) is 5.30. The fourth-order valence-corrected chi connectivity index (χ4v) is 1.63. The third-order valence-corrected chi connectivity index (χ3v) is 2.57. The average molecular weight is 236 g/mol. The molecule has 0 heterocycles. The highest BCUT2D eigenvalue weighted by molar-refractivity contribution is 6.58. The first-order chi connectivity index (χ1) is 7.86. The summed E-state index contributed by atoms with van der Waals surface area (Å²) in [5.74, 6) is 0.823. The molecule has 0 saturated carbocycles. The van der Waals surface area contributed by atoms with E-state index in [0.717, 1.165) is 17.7 Å². The normalized spacial score (nSPS) is 11.4. The van der Waals surface area contributed by atoms with Crippen LogP contribution in [-0.2, 0) is 5.41 Å². The molecule has 0 bridgehead atoms. The summed E-state index contributed by atoms with van der Waals surface area (Å²) in [5.41, 5.74) is 1.41. The van der Waals surface area contributed by atoms with Crippen LogP contribution in [0.5, 0.6) is 5.75 Å². The van der Waals surface area contributed by atoms with Gasteiger partial charge in [0.1, 0.15) is 5.75 Å². The molecule has 1 aromatic carbocycles. The lowest BCUT2D eigenvalue weighted by molar-refractivity contribution is 0.308. The van der Waals surface area contributed by atoms with Gasteiger partial charge < -0.3 is 14.8 Å². The zero-order valence-corrected chi connectivity index (χ0v) is 11.0. The standard InChI is InChI=1S/C13H21BO3/c1-5-8-17-12-7-6-10(14(15)16)9-11(12)13(2,3)4/h6-7,9,15-16H,5,8H2,1-4H3. The third kappa shape index (κ3) is 3.75. The van der Waals surface area contributed by atoms with Crippen molar-refractivity contribution in [3.8, 4) is 5.75 Å². The molecule has 0 amide bonds. The van der Waals surface area contributed by atoms with Crippen LogP contribution >= 0.6 is 0 Å². The molecule has 0 aliphatic heterocycles. The Morgan fingerprint density at radius 1 is 1.24 bits per heavy atom. The smallest absolute Gasteiger partial charge is 0.488 e. The Labute approximate surface area is 104 Å². The predicted molar refractivity (Wildman–Crippen MR) is 70.8 cm³/mol. The van der Waals surface area contributed by atoms with Crippen molar-refractivity contribution in [2.24, 2.45) is 0 Å². The van der Waals surface area contributed by atoms with Gasteiger partial charge in [-0.2, -0.15) is 0 Å². The van der Waals surface area contributed by atoms with Gasteiger partial charge in [0, 0.05) is 0 Å². The van der Waals surface area contributed by atoms with Gasteiger partial charge in [-0.3, -0.25) is 0 Å². The van der Waals surface area contributed by atoms with Crippen LogP contribution in [0.15, 0.2) is 18.2 Å². The number of hydrogen-bond donors (Lipinski definition) is 2. The zero-order valence-electron chi connectivity index (χ0n) is 11.0. The van der Waals surface area contributed by atoms with Crippen LogP contribution in [0.4, 0.5) is 0 Å². The second-order valence-corrected chi connectivity index (χ2v) is 5.23. The number of ether oxygens (including phenoxy) is 1. The molecule has 0 saturated heterocycles. The minimum atomic E-state index is -1.43. The Balaban J connectivity index is 3.13. The first-order valence-corrected chi connectivity index (χ1v) is 5.99. The second-order valence-electron chi connectivity index (χ2n) is 5.23. The van der Waals surface area contributed by atoms with Gasteiger partial charge in [-0.05, 0) is 28.9 Å². The zero-order chi connectivity index (χ0) is 13.1. The van der Waals surface area contributed by atoms with Crippen molar-refractivity contribution in [1.82, 2.24) is 0 Å². The highest BCUT2D eigenvalue weighted by Crippen LogP contribution is 2.30. The molecule has 0 fully saturated rings. The van der Waals surface area contributed by atoms with E-state index in [4.69, 9.17) is 4.74 Å². The van der Waals surface area contributed by atoms with Gasteiger partial charge in [0.2, 0.25) is 0 Å². The van der Waals surface area contributed by atoms with Crippen molar-refractivity contribution in [2.45, 2.75) is 39.5 Å². The second kappa shape index (κ2) is 5.56. The summed E-state index contributed by atoms with van der Waals surface area (Å²) in [6.45, 7) is 8.96. The maximum Gasteiger partial charge on any atom is 0.488 e. The van der Waals surface area contributed by atoms with Gasteiger partial charge in [-0.25, -0.2) is 0 Å². The summed E-state index contributed by atoms with van der Waals surface area (Å²) in [7, 11) is -1.43. The number of rotatable bonds is 4. The number of benzene rings is 1. The average Bonchev–Trinajstić information content (AvgIpc) is 2.24. The van der Waals surface area contributed by atoms with Gasteiger partial charge in [0.25, 0.3) is 0 Å². The Hall–Kier alpha value is -0.995. The highest BCUT2D eigenvalue weighted by Gasteiger charge is 2.22. The van der Waals surface area contributed by atoms with Crippen molar-refractivity contribution in [3.63, 3.8) is 0 Å². The summed E-state index contributed by atoms with van der Waals surface area (Å²) >= 11 is 0. The Kier molecular flexibility index (Phi) is 4.60. The first kappa shape index (κ1) is 14.1. The molecular weight excluding hydrogens is 215 g/mol. The van der Waals surface area contributed by atoms with Crippen LogP contribution in [0.2, 0.25) is 0 Å². The van der Waals surface area contributed by atoms with E-state index in [1.165, 1.54) is 0 Å². The molecule has 1 aromatic rings. The first-order valence-electron chi connectivity index (χ1n) is 5.99. The summed E-state index contributed by atoms with van der Waals surface area (Å²) in [4.78, 5) is 0. The molecule has 0 aromatic heterocycles.